The minimum Gasteiger partial charge on any atom is -0.310 e. The third-order valence-electron chi connectivity index (χ3n) is 4.33. The molecule has 0 aliphatic carbocycles. The van der Waals surface area contributed by atoms with Crippen LogP contribution >= 0.6 is 11.6 Å². The zero-order chi connectivity index (χ0) is 18.4. The Morgan fingerprint density at radius 1 is 1.23 bits per heavy atom. The molecule has 0 saturated heterocycles. The Bertz CT molecular complexity index is 1050. The minimum absolute atomic E-state index is 0.0548. The summed E-state index contributed by atoms with van der Waals surface area (Å²) in [7, 11) is 0. The van der Waals surface area contributed by atoms with E-state index in [4.69, 9.17) is 11.6 Å². The van der Waals surface area contributed by atoms with Crippen LogP contribution in [-0.2, 0) is 4.79 Å². The predicted octanol–water partition coefficient (Wildman–Crippen LogP) is 2.53. The van der Waals surface area contributed by atoms with Crippen LogP contribution in [0, 0.1) is 12.7 Å². The van der Waals surface area contributed by atoms with Gasteiger partial charge in [0.25, 0.3) is 5.56 Å². The van der Waals surface area contributed by atoms with Crippen LogP contribution in [0.4, 0.5) is 10.2 Å². The summed E-state index contributed by atoms with van der Waals surface area (Å²) in [5.41, 5.74) is 1.19. The number of anilines is 1. The lowest BCUT2D eigenvalue weighted by molar-refractivity contribution is -0.116. The Labute approximate surface area is 151 Å². The first kappa shape index (κ1) is 16.5. The van der Waals surface area contributed by atoms with Crippen LogP contribution in [0.2, 0.25) is 5.02 Å². The number of benzene rings is 1. The second kappa shape index (κ2) is 6.06. The average Bonchev–Trinajstić information content (AvgIpc) is 2.92. The van der Waals surface area contributed by atoms with Crippen molar-refractivity contribution in [1.29, 1.82) is 0 Å². The largest absolute Gasteiger partial charge is 0.310 e. The van der Waals surface area contributed by atoms with Gasteiger partial charge in [-0.05, 0) is 25.1 Å². The van der Waals surface area contributed by atoms with E-state index in [-0.39, 0.29) is 28.5 Å². The van der Waals surface area contributed by atoms with E-state index in [2.05, 4.69) is 20.6 Å². The zero-order valence-electron chi connectivity index (χ0n) is 13.6. The van der Waals surface area contributed by atoms with E-state index in [1.807, 2.05) is 0 Å². The van der Waals surface area contributed by atoms with Gasteiger partial charge < -0.3 is 5.32 Å². The fraction of sp³-hybridized carbons (Fsp3) is 0.176. The molecule has 0 radical (unpaired) electrons. The highest BCUT2D eigenvalue weighted by atomic mass is 35.5. The van der Waals surface area contributed by atoms with Crippen molar-refractivity contribution in [3.05, 3.63) is 68.3 Å². The number of H-pyrrole nitrogens is 1. The third-order valence-corrected chi connectivity index (χ3v) is 4.66. The molecule has 26 heavy (non-hydrogen) atoms. The van der Waals surface area contributed by atoms with Crippen LogP contribution in [0.5, 0.6) is 0 Å². The molecule has 0 spiro atoms. The van der Waals surface area contributed by atoms with E-state index in [1.54, 1.807) is 13.0 Å². The number of aromatic nitrogens is 4. The number of nitrogens with zero attached hydrogens (tertiary/aromatic N) is 3. The molecule has 3 heterocycles. The number of hydrogen-bond donors (Lipinski definition) is 2. The van der Waals surface area contributed by atoms with Gasteiger partial charge in [-0.3, -0.25) is 9.59 Å². The predicted molar refractivity (Wildman–Crippen MR) is 93.2 cm³/mol. The van der Waals surface area contributed by atoms with Crippen molar-refractivity contribution in [3.63, 3.8) is 0 Å². The summed E-state index contributed by atoms with van der Waals surface area (Å²) in [5, 5.41) is 13.7. The molecule has 1 aliphatic heterocycles. The van der Waals surface area contributed by atoms with E-state index < -0.39 is 11.7 Å². The molecule has 1 amide bonds. The number of halogens is 2. The summed E-state index contributed by atoms with van der Waals surface area (Å²) in [5.74, 6) is -0.606. The van der Waals surface area contributed by atoms with Gasteiger partial charge >= 0.3 is 0 Å². The maximum absolute atomic E-state index is 14.5. The molecule has 2 aromatic heterocycles. The molecule has 9 heteroatoms. The molecular weight excluding hydrogens is 361 g/mol. The molecule has 2 N–H and O–H groups in total. The normalized spacial score (nSPS) is 16.3. The summed E-state index contributed by atoms with van der Waals surface area (Å²) in [4.78, 5) is 23.5. The number of hydrogen-bond acceptors (Lipinski definition) is 4. The van der Waals surface area contributed by atoms with Crippen LogP contribution in [0.15, 0.2) is 35.1 Å². The highest BCUT2D eigenvalue weighted by Crippen LogP contribution is 2.42. The van der Waals surface area contributed by atoms with E-state index in [1.165, 1.54) is 28.9 Å². The van der Waals surface area contributed by atoms with E-state index in [0.29, 0.717) is 22.9 Å². The second-order valence-electron chi connectivity index (χ2n) is 5.98. The van der Waals surface area contributed by atoms with Gasteiger partial charge in [-0.15, -0.1) is 0 Å². The molecule has 4 rings (SSSR count). The van der Waals surface area contributed by atoms with Crippen LogP contribution in [-0.4, -0.2) is 25.9 Å². The third kappa shape index (κ3) is 2.59. The maximum Gasteiger partial charge on any atom is 0.264 e. The number of aromatic amines is 1. The van der Waals surface area contributed by atoms with Crippen LogP contribution < -0.4 is 10.9 Å². The number of nitrogens with one attached hydrogen (secondary N) is 2. The Balaban J connectivity index is 1.93. The van der Waals surface area contributed by atoms with Gasteiger partial charge in [0.05, 0.1) is 5.69 Å². The number of aryl methyl sites for hydroxylation is 1. The lowest BCUT2D eigenvalue weighted by Crippen LogP contribution is -2.26. The van der Waals surface area contributed by atoms with Crippen molar-refractivity contribution in [3.8, 4) is 5.82 Å². The molecule has 1 aliphatic rings. The van der Waals surface area contributed by atoms with Gasteiger partial charge in [-0.25, -0.2) is 9.49 Å². The quantitative estimate of drug-likeness (QED) is 0.722. The first-order valence-electron chi connectivity index (χ1n) is 7.85. The number of fused-ring (bicyclic) bond motifs is 1. The fourth-order valence-electron chi connectivity index (χ4n) is 3.26. The lowest BCUT2D eigenvalue weighted by Gasteiger charge is -2.25. The number of rotatable bonds is 2. The Kier molecular flexibility index (Phi) is 3.84. The Morgan fingerprint density at radius 2 is 2.04 bits per heavy atom. The second-order valence-corrected chi connectivity index (χ2v) is 6.39. The standard InChI is InChI=1S/C17H13ClFN5O2/c1-8-15-9(16-10(18)3-2-4-11(16)19)7-14(26)20-17(15)24(23-8)12-5-6-13(25)22-21-12/h2-6,9H,7H2,1H3,(H,20,26)(H,22,25)/t9-/m0/s1. The van der Waals surface area contributed by atoms with Gasteiger partial charge in [-0.1, -0.05) is 17.7 Å². The van der Waals surface area contributed by atoms with Crippen LogP contribution in [0.25, 0.3) is 5.82 Å². The maximum atomic E-state index is 14.5. The summed E-state index contributed by atoms with van der Waals surface area (Å²) >= 11 is 6.22. The first-order valence-corrected chi connectivity index (χ1v) is 8.23. The van der Waals surface area contributed by atoms with Gasteiger partial charge in [0.2, 0.25) is 5.91 Å². The Morgan fingerprint density at radius 3 is 2.73 bits per heavy atom. The van der Waals surface area contributed by atoms with Gasteiger partial charge in [0.15, 0.2) is 5.82 Å². The number of carbonyl (C=O) groups is 1. The summed E-state index contributed by atoms with van der Waals surface area (Å²) < 4.78 is 15.9. The molecule has 132 valence electrons. The SMILES string of the molecule is Cc1nn(-c2ccc(=O)[nH]n2)c2c1[C@@H](c1c(F)cccc1Cl)CC(=O)N2. The highest BCUT2D eigenvalue weighted by Gasteiger charge is 2.35. The molecule has 0 fully saturated rings. The molecule has 0 saturated carbocycles. The summed E-state index contributed by atoms with van der Waals surface area (Å²) in [6.45, 7) is 1.76. The van der Waals surface area contributed by atoms with Gasteiger partial charge in [-0.2, -0.15) is 14.9 Å². The van der Waals surface area contributed by atoms with Crippen molar-refractivity contribution in [2.45, 2.75) is 19.3 Å². The first-order chi connectivity index (χ1) is 12.5. The van der Waals surface area contributed by atoms with Crippen molar-refractivity contribution in [1.82, 2.24) is 20.0 Å². The summed E-state index contributed by atoms with van der Waals surface area (Å²) in [6, 6.07) is 7.22. The van der Waals surface area contributed by atoms with E-state index in [0.717, 1.165) is 0 Å². The smallest absolute Gasteiger partial charge is 0.264 e. The molecule has 1 aromatic carbocycles. The van der Waals surface area contributed by atoms with E-state index >= 15 is 0 Å². The molecular formula is C17H13ClFN5O2. The van der Waals surface area contributed by atoms with Crippen molar-refractivity contribution >= 4 is 23.3 Å². The van der Waals surface area contributed by atoms with Crippen molar-refractivity contribution in [2.24, 2.45) is 0 Å². The fourth-order valence-corrected chi connectivity index (χ4v) is 3.55. The Hall–Kier alpha value is -3.00. The number of carbonyl (C=O) groups excluding carboxylic acids is 1. The number of amides is 1. The van der Waals surface area contributed by atoms with Crippen LogP contribution in [0.3, 0.4) is 0 Å². The minimum atomic E-state index is -0.566. The topological polar surface area (TPSA) is 92.7 Å². The molecule has 7 nitrogen and oxygen atoms in total. The zero-order valence-corrected chi connectivity index (χ0v) is 14.3. The van der Waals surface area contributed by atoms with Gasteiger partial charge in [0.1, 0.15) is 11.6 Å². The average molecular weight is 374 g/mol. The van der Waals surface area contributed by atoms with Crippen molar-refractivity contribution in [2.75, 3.05) is 5.32 Å². The van der Waals surface area contributed by atoms with Crippen LogP contribution in [0.1, 0.15) is 29.2 Å². The molecule has 0 bridgehead atoms. The molecule has 0 unspecified atom stereocenters. The molecule has 3 aromatic rings. The monoisotopic (exact) mass is 373 g/mol. The highest BCUT2D eigenvalue weighted by molar-refractivity contribution is 6.31. The van der Waals surface area contributed by atoms with Crippen molar-refractivity contribution < 1.29 is 9.18 Å². The lowest BCUT2D eigenvalue weighted by atomic mass is 9.85. The van der Waals surface area contributed by atoms with E-state index in [9.17, 15) is 14.0 Å². The van der Waals surface area contributed by atoms with Gasteiger partial charge in [0, 0.05) is 34.6 Å². The summed E-state index contributed by atoms with van der Waals surface area (Å²) in [6.07, 6.45) is 0.0548. The molecule has 1 atom stereocenters.